The summed E-state index contributed by atoms with van der Waals surface area (Å²) in [5.74, 6) is -0.158. The molecular weight excluding hydrogens is 348 g/mol. The van der Waals surface area contributed by atoms with E-state index in [4.69, 9.17) is 11.0 Å². The maximum absolute atomic E-state index is 12.9. The van der Waals surface area contributed by atoms with Gasteiger partial charge in [-0.15, -0.1) is 0 Å². The lowest BCUT2D eigenvalue weighted by Crippen LogP contribution is -2.52. The molecule has 1 aliphatic rings. The van der Waals surface area contributed by atoms with E-state index < -0.39 is 10.8 Å². The molecule has 1 aliphatic carbocycles. The van der Waals surface area contributed by atoms with Crippen molar-refractivity contribution in [2.75, 3.05) is 12.8 Å². The van der Waals surface area contributed by atoms with Gasteiger partial charge in [-0.2, -0.15) is 15.8 Å². The molecule has 26 heavy (non-hydrogen) atoms. The number of nitrogens with zero attached hydrogens (tertiary/aromatic N) is 5. The average molecular weight is 368 g/mol. The highest BCUT2D eigenvalue weighted by Gasteiger charge is 2.40. The highest BCUT2D eigenvalue weighted by molar-refractivity contribution is 8.00. The second-order valence-electron chi connectivity index (χ2n) is 6.36. The molecule has 0 unspecified atom stereocenters. The van der Waals surface area contributed by atoms with Crippen LogP contribution in [-0.2, 0) is 4.79 Å². The molecule has 1 atom stereocenters. The van der Waals surface area contributed by atoms with Gasteiger partial charge in [0.25, 0.3) is 0 Å². The Hall–Kier alpha value is -2.76. The van der Waals surface area contributed by atoms with Crippen LogP contribution in [-0.4, -0.2) is 33.6 Å². The van der Waals surface area contributed by atoms with Crippen LogP contribution in [0.2, 0.25) is 0 Å². The van der Waals surface area contributed by atoms with Gasteiger partial charge >= 0.3 is 0 Å². The van der Waals surface area contributed by atoms with E-state index in [0.29, 0.717) is 17.9 Å². The van der Waals surface area contributed by atoms with Crippen molar-refractivity contribution in [3.8, 4) is 18.2 Å². The molecule has 2 rings (SSSR count). The van der Waals surface area contributed by atoms with Crippen molar-refractivity contribution in [3.63, 3.8) is 0 Å². The van der Waals surface area contributed by atoms with E-state index in [-0.39, 0.29) is 22.9 Å². The lowest BCUT2D eigenvalue weighted by Gasteiger charge is -2.40. The van der Waals surface area contributed by atoms with Crippen molar-refractivity contribution in [1.29, 1.82) is 15.8 Å². The lowest BCUT2D eigenvalue weighted by molar-refractivity contribution is -0.133. The van der Waals surface area contributed by atoms with Gasteiger partial charge in [-0.25, -0.2) is 4.98 Å². The maximum Gasteiger partial charge on any atom is 0.236 e. The minimum absolute atomic E-state index is 0.0304. The SMILES string of the molecule is C[C@H](Sc1nc(N)c(C#N)cc1C#N)C(=O)N(C)C1(C#N)CCCCC1. The Kier molecular flexibility index (Phi) is 6.08. The zero-order valence-corrected chi connectivity index (χ0v) is 15.6. The van der Waals surface area contributed by atoms with E-state index in [1.807, 2.05) is 12.1 Å². The predicted molar refractivity (Wildman–Crippen MR) is 97.6 cm³/mol. The van der Waals surface area contributed by atoms with Crippen LogP contribution < -0.4 is 5.73 Å². The summed E-state index contributed by atoms with van der Waals surface area (Å²) in [5, 5.41) is 27.7. The lowest BCUT2D eigenvalue weighted by atomic mass is 9.81. The number of nitriles is 3. The highest BCUT2D eigenvalue weighted by Crippen LogP contribution is 2.35. The maximum atomic E-state index is 12.9. The van der Waals surface area contributed by atoms with E-state index >= 15 is 0 Å². The van der Waals surface area contributed by atoms with Crippen LogP contribution in [0.25, 0.3) is 0 Å². The molecule has 2 N–H and O–H groups in total. The zero-order chi connectivity index (χ0) is 19.3. The van der Waals surface area contributed by atoms with Crippen molar-refractivity contribution in [3.05, 3.63) is 17.2 Å². The first-order valence-corrected chi connectivity index (χ1v) is 9.23. The number of amides is 1. The third-order valence-electron chi connectivity index (χ3n) is 4.76. The van der Waals surface area contributed by atoms with Gasteiger partial charge in [0.15, 0.2) is 0 Å². The number of thioether (sulfide) groups is 1. The van der Waals surface area contributed by atoms with Crippen LogP contribution in [0.5, 0.6) is 0 Å². The molecule has 1 aromatic rings. The number of rotatable bonds is 4. The van der Waals surface area contributed by atoms with Gasteiger partial charge in [0.05, 0.1) is 22.4 Å². The first kappa shape index (κ1) is 19.6. The summed E-state index contributed by atoms with van der Waals surface area (Å²) in [4.78, 5) is 18.5. The first-order chi connectivity index (χ1) is 12.4. The molecule has 1 fully saturated rings. The molecule has 1 amide bonds. The summed E-state index contributed by atoms with van der Waals surface area (Å²) in [6.45, 7) is 1.72. The van der Waals surface area contributed by atoms with Gasteiger partial charge in [0.1, 0.15) is 28.5 Å². The number of carbonyl (C=O) groups is 1. The number of hydrogen-bond acceptors (Lipinski definition) is 7. The summed E-state index contributed by atoms with van der Waals surface area (Å²) in [6.07, 6.45) is 4.29. The van der Waals surface area contributed by atoms with Crippen molar-refractivity contribution >= 4 is 23.5 Å². The molecule has 1 heterocycles. The minimum Gasteiger partial charge on any atom is -0.383 e. The Morgan fingerprint density at radius 2 is 1.88 bits per heavy atom. The summed E-state index contributed by atoms with van der Waals surface area (Å²) in [7, 11) is 1.67. The van der Waals surface area contributed by atoms with Gasteiger partial charge < -0.3 is 10.6 Å². The van der Waals surface area contributed by atoms with Crippen molar-refractivity contribution in [2.45, 2.75) is 54.8 Å². The number of nitrogen functional groups attached to an aromatic ring is 1. The Morgan fingerprint density at radius 3 is 2.42 bits per heavy atom. The number of nitrogens with two attached hydrogens (primary N) is 1. The van der Waals surface area contributed by atoms with Gasteiger partial charge in [-0.3, -0.25) is 4.79 Å². The Bertz CT molecular complexity index is 826. The van der Waals surface area contributed by atoms with Crippen LogP contribution in [0, 0.1) is 34.0 Å². The third-order valence-corrected chi connectivity index (χ3v) is 5.85. The predicted octanol–water partition coefficient (Wildman–Crippen LogP) is 2.57. The molecule has 8 heteroatoms. The Morgan fingerprint density at radius 1 is 1.27 bits per heavy atom. The molecule has 0 spiro atoms. The second-order valence-corrected chi connectivity index (χ2v) is 7.69. The van der Waals surface area contributed by atoms with E-state index in [1.54, 1.807) is 18.9 Å². The molecule has 1 saturated carbocycles. The molecule has 0 aliphatic heterocycles. The third kappa shape index (κ3) is 3.74. The van der Waals surface area contributed by atoms with Crippen molar-refractivity contribution in [2.24, 2.45) is 0 Å². The smallest absolute Gasteiger partial charge is 0.236 e. The number of carbonyl (C=O) groups excluding carboxylic acids is 1. The van der Waals surface area contributed by atoms with Crippen LogP contribution >= 0.6 is 11.8 Å². The Balaban J connectivity index is 2.22. The molecule has 7 nitrogen and oxygen atoms in total. The molecule has 134 valence electrons. The second kappa shape index (κ2) is 8.08. The fourth-order valence-electron chi connectivity index (χ4n) is 3.13. The fraction of sp³-hybridized carbons (Fsp3) is 0.500. The Labute approximate surface area is 157 Å². The normalized spacial score (nSPS) is 16.6. The molecule has 0 aromatic carbocycles. The van der Waals surface area contributed by atoms with Crippen LogP contribution in [0.15, 0.2) is 11.1 Å². The monoisotopic (exact) mass is 368 g/mol. The van der Waals surface area contributed by atoms with Crippen LogP contribution in [0.3, 0.4) is 0 Å². The van der Waals surface area contributed by atoms with E-state index in [9.17, 15) is 15.3 Å². The highest BCUT2D eigenvalue weighted by atomic mass is 32.2. The zero-order valence-electron chi connectivity index (χ0n) is 14.8. The molecule has 1 aromatic heterocycles. The number of aromatic nitrogens is 1. The van der Waals surface area contributed by atoms with Crippen molar-refractivity contribution in [1.82, 2.24) is 9.88 Å². The van der Waals surface area contributed by atoms with Gasteiger partial charge in [-0.05, 0) is 25.8 Å². The summed E-state index contributed by atoms with van der Waals surface area (Å²) in [5.41, 5.74) is 5.30. The quantitative estimate of drug-likeness (QED) is 0.808. The number of hydrogen-bond donors (Lipinski definition) is 1. The molecule has 0 radical (unpaired) electrons. The largest absolute Gasteiger partial charge is 0.383 e. The standard InChI is InChI=1S/C18H20N6OS/c1-12(17(25)24(2)18(11-21)6-4-3-5-7-18)26-16-14(10-20)8-13(9-19)15(22)23-16/h8,12H,3-7H2,1-2H3,(H2,22,23)/t12-/m0/s1. The minimum atomic E-state index is -0.765. The van der Waals surface area contributed by atoms with E-state index in [1.165, 1.54) is 6.07 Å². The fourth-order valence-corrected chi connectivity index (χ4v) is 4.11. The molecular formula is C18H20N6OS. The van der Waals surface area contributed by atoms with Crippen LogP contribution in [0.1, 0.15) is 50.2 Å². The first-order valence-electron chi connectivity index (χ1n) is 8.35. The average Bonchev–Trinajstić information content (AvgIpc) is 2.67. The molecule has 0 bridgehead atoms. The summed E-state index contributed by atoms with van der Waals surface area (Å²) >= 11 is 1.11. The summed E-state index contributed by atoms with van der Waals surface area (Å²) < 4.78 is 0. The van der Waals surface area contributed by atoms with Crippen LogP contribution in [0.4, 0.5) is 5.82 Å². The van der Waals surface area contributed by atoms with Gasteiger partial charge in [-0.1, -0.05) is 31.0 Å². The van der Waals surface area contributed by atoms with Gasteiger partial charge in [0, 0.05) is 7.05 Å². The topological polar surface area (TPSA) is 131 Å². The number of anilines is 1. The van der Waals surface area contributed by atoms with E-state index in [0.717, 1.165) is 31.0 Å². The van der Waals surface area contributed by atoms with E-state index in [2.05, 4.69) is 11.1 Å². The van der Waals surface area contributed by atoms with Crippen molar-refractivity contribution < 1.29 is 4.79 Å². The number of pyridine rings is 1. The van der Waals surface area contributed by atoms with Gasteiger partial charge in [0.2, 0.25) is 5.91 Å². The molecule has 0 saturated heterocycles. The summed E-state index contributed by atoms with van der Waals surface area (Å²) in [6, 6.07) is 7.59.